The van der Waals surface area contributed by atoms with Crippen molar-refractivity contribution in [1.82, 2.24) is 14.8 Å². The standard InChI is InChI=1S/C20H26N4O4/c1-3-28-20(27)23-12-10-22(11-13-23)19(26)14-24-18(25)9-8-17(21-24)16-6-4-15(2)5-7-16/h4-7H,3,8-14H2,1-2H3. The van der Waals surface area contributed by atoms with E-state index in [9.17, 15) is 14.4 Å². The summed E-state index contributed by atoms with van der Waals surface area (Å²) in [5.41, 5.74) is 2.95. The SMILES string of the molecule is CCOC(=O)N1CCN(C(=O)CN2N=C(c3ccc(C)cc3)CCC2=O)CC1. The lowest BCUT2D eigenvalue weighted by atomic mass is 10.0. The summed E-state index contributed by atoms with van der Waals surface area (Å²) in [4.78, 5) is 39.9. The van der Waals surface area contributed by atoms with Crippen LogP contribution in [0.5, 0.6) is 0 Å². The zero-order chi connectivity index (χ0) is 20.1. The lowest BCUT2D eigenvalue weighted by molar-refractivity contribution is -0.141. The highest BCUT2D eigenvalue weighted by Gasteiger charge is 2.28. The van der Waals surface area contributed by atoms with Crippen LogP contribution < -0.4 is 0 Å². The second-order valence-electron chi connectivity index (χ2n) is 6.93. The van der Waals surface area contributed by atoms with Gasteiger partial charge >= 0.3 is 6.09 Å². The number of hydrogen-bond donors (Lipinski definition) is 0. The Morgan fingerprint density at radius 1 is 1.04 bits per heavy atom. The number of benzene rings is 1. The Kier molecular flexibility index (Phi) is 6.28. The third-order valence-corrected chi connectivity index (χ3v) is 4.93. The topological polar surface area (TPSA) is 82.5 Å². The van der Waals surface area contributed by atoms with E-state index in [4.69, 9.17) is 4.74 Å². The zero-order valence-electron chi connectivity index (χ0n) is 16.4. The predicted molar refractivity (Wildman–Crippen MR) is 104 cm³/mol. The average Bonchev–Trinajstić information content (AvgIpc) is 2.70. The second-order valence-corrected chi connectivity index (χ2v) is 6.93. The number of nitrogens with zero attached hydrogens (tertiary/aromatic N) is 4. The molecule has 150 valence electrons. The molecule has 0 radical (unpaired) electrons. The molecular formula is C20H26N4O4. The minimum atomic E-state index is -0.354. The van der Waals surface area contributed by atoms with E-state index in [1.165, 1.54) is 5.01 Å². The number of aryl methyl sites for hydroxylation is 1. The molecule has 1 aromatic rings. The molecule has 0 atom stereocenters. The molecule has 8 nitrogen and oxygen atoms in total. The van der Waals surface area contributed by atoms with Crippen LogP contribution in [0.4, 0.5) is 4.79 Å². The number of hydrogen-bond acceptors (Lipinski definition) is 5. The van der Waals surface area contributed by atoms with Gasteiger partial charge in [0.25, 0.3) is 0 Å². The van der Waals surface area contributed by atoms with Gasteiger partial charge in [-0.25, -0.2) is 9.80 Å². The van der Waals surface area contributed by atoms with Crippen LogP contribution in [0.2, 0.25) is 0 Å². The first-order valence-corrected chi connectivity index (χ1v) is 9.62. The van der Waals surface area contributed by atoms with Gasteiger partial charge in [-0.1, -0.05) is 29.8 Å². The minimum absolute atomic E-state index is 0.0758. The van der Waals surface area contributed by atoms with E-state index >= 15 is 0 Å². The minimum Gasteiger partial charge on any atom is -0.450 e. The molecule has 8 heteroatoms. The molecule has 0 N–H and O–H groups in total. The highest BCUT2D eigenvalue weighted by Crippen LogP contribution is 2.16. The van der Waals surface area contributed by atoms with E-state index in [2.05, 4.69) is 5.10 Å². The summed E-state index contributed by atoms with van der Waals surface area (Å²) in [5, 5.41) is 5.71. The van der Waals surface area contributed by atoms with Gasteiger partial charge in [0.1, 0.15) is 6.54 Å². The molecule has 2 heterocycles. The Labute approximate surface area is 164 Å². The Morgan fingerprint density at radius 2 is 1.68 bits per heavy atom. The molecule has 0 aromatic heterocycles. The number of rotatable bonds is 4. The van der Waals surface area contributed by atoms with Crippen LogP contribution in [-0.2, 0) is 14.3 Å². The van der Waals surface area contributed by atoms with Crippen molar-refractivity contribution in [2.45, 2.75) is 26.7 Å². The number of amides is 3. The van der Waals surface area contributed by atoms with Crippen molar-refractivity contribution in [3.05, 3.63) is 35.4 Å². The Balaban J connectivity index is 1.60. The van der Waals surface area contributed by atoms with Crippen molar-refractivity contribution in [3.63, 3.8) is 0 Å². The van der Waals surface area contributed by atoms with Gasteiger partial charge in [-0.3, -0.25) is 9.59 Å². The summed E-state index contributed by atoms with van der Waals surface area (Å²) in [6.45, 7) is 5.74. The van der Waals surface area contributed by atoms with Gasteiger partial charge < -0.3 is 14.5 Å². The lowest BCUT2D eigenvalue weighted by Gasteiger charge is -2.35. The van der Waals surface area contributed by atoms with Crippen LogP contribution >= 0.6 is 0 Å². The summed E-state index contributed by atoms with van der Waals surface area (Å²) >= 11 is 0. The lowest BCUT2D eigenvalue weighted by Crippen LogP contribution is -2.53. The summed E-state index contributed by atoms with van der Waals surface area (Å²) < 4.78 is 4.99. The van der Waals surface area contributed by atoms with Crippen LogP contribution in [0, 0.1) is 6.92 Å². The number of ether oxygens (including phenoxy) is 1. The molecule has 0 saturated carbocycles. The van der Waals surface area contributed by atoms with Crippen molar-refractivity contribution in [2.75, 3.05) is 39.3 Å². The zero-order valence-corrected chi connectivity index (χ0v) is 16.4. The molecule has 0 spiro atoms. The second kappa shape index (κ2) is 8.86. The summed E-state index contributed by atoms with van der Waals surface area (Å²) in [6, 6.07) is 7.98. The smallest absolute Gasteiger partial charge is 0.409 e. The third-order valence-electron chi connectivity index (χ3n) is 4.93. The van der Waals surface area contributed by atoms with E-state index in [1.807, 2.05) is 31.2 Å². The van der Waals surface area contributed by atoms with Crippen LogP contribution in [0.3, 0.4) is 0 Å². The van der Waals surface area contributed by atoms with Crippen molar-refractivity contribution in [2.24, 2.45) is 5.10 Å². The van der Waals surface area contributed by atoms with Gasteiger partial charge in [0.15, 0.2) is 0 Å². The number of hydrazone groups is 1. The molecule has 2 aliphatic rings. The van der Waals surface area contributed by atoms with Crippen LogP contribution in [0.1, 0.15) is 30.9 Å². The Morgan fingerprint density at radius 3 is 2.32 bits per heavy atom. The van der Waals surface area contributed by atoms with E-state index in [1.54, 1.807) is 16.7 Å². The first kappa shape index (κ1) is 19.9. The van der Waals surface area contributed by atoms with Crippen LogP contribution in [-0.4, -0.2) is 77.8 Å². The third kappa shape index (κ3) is 4.68. The largest absolute Gasteiger partial charge is 0.450 e. The molecular weight excluding hydrogens is 360 g/mol. The fraction of sp³-hybridized carbons (Fsp3) is 0.500. The molecule has 0 aliphatic carbocycles. The highest BCUT2D eigenvalue weighted by atomic mass is 16.6. The molecule has 0 bridgehead atoms. The fourth-order valence-electron chi connectivity index (χ4n) is 3.26. The molecule has 2 aliphatic heterocycles. The monoisotopic (exact) mass is 386 g/mol. The Hall–Kier alpha value is -2.90. The van der Waals surface area contributed by atoms with Crippen molar-refractivity contribution < 1.29 is 19.1 Å². The van der Waals surface area contributed by atoms with Crippen LogP contribution in [0.15, 0.2) is 29.4 Å². The molecule has 3 rings (SSSR count). The Bertz CT molecular complexity index is 767. The summed E-state index contributed by atoms with van der Waals surface area (Å²) in [7, 11) is 0. The van der Waals surface area contributed by atoms with Gasteiger partial charge in [0.05, 0.1) is 12.3 Å². The first-order chi connectivity index (χ1) is 13.5. The van der Waals surface area contributed by atoms with Crippen molar-refractivity contribution >= 4 is 23.6 Å². The first-order valence-electron chi connectivity index (χ1n) is 9.62. The maximum absolute atomic E-state index is 12.6. The van der Waals surface area contributed by atoms with E-state index in [0.29, 0.717) is 45.6 Å². The predicted octanol–water partition coefficient (Wildman–Crippen LogP) is 1.62. The maximum atomic E-state index is 12.6. The molecule has 1 saturated heterocycles. The summed E-state index contributed by atoms with van der Waals surface area (Å²) in [6.07, 6.45) is 0.565. The van der Waals surface area contributed by atoms with Gasteiger partial charge in [-0.05, 0) is 19.4 Å². The quantitative estimate of drug-likeness (QED) is 0.787. The van der Waals surface area contributed by atoms with E-state index in [0.717, 1.165) is 16.8 Å². The van der Waals surface area contributed by atoms with Gasteiger partial charge in [0, 0.05) is 39.0 Å². The van der Waals surface area contributed by atoms with Gasteiger partial charge in [-0.15, -0.1) is 0 Å². The van der Waals surface area contributed by atoms with Gasteiger partial charge in [-0.2, -0.15) is 5.10 Å². The van der Waals surface area contributed by atoms with Crippen LogP contribution in [0.25, 0.3) is 0 Å². The van der Waals surface area contributed by atoms with E-state index < -0.39 is 0 Å². The number of carbonyl (C=O) groups is 3. The number of carbonyl (C=O) groups excluding carboxylic acids is 3. The highest BCUT2D eigenvalue weighted by molar-refractivity contribution is 6.04. The average molecular weight is 386 g/mol. The molecule has 3 amide bonds. The van der Waals surface area contributed by atoms with Crippen molar-refractivity contribution in [1.29, 1.82) is 0 Å². The van der Waals surface area contributed by atoms with Crippen molar-refractivity contribution in [3.8, 4) is 0 Å². The molecule has 1 aromatic carbocycles. The summed E-state index contributed by atoms with van der Waals surface area (Å²) in [5.74, 6) is -0.305. The molecule has 1 fully saturated rings. The number of piperazine rings is 1. The normalized spacial score (nSPS) is 17.4. The molecule has 28 heavy (non-hydrogen) atoms. The van der Waals surface area contributed by atoms with Gasteiger partial charge in [0.2, 0.25) is 11.8 Å². The van der Waals surface area contributed by atoms with E-state index in [-0.39, 0.29) is 24.5 Å². The fourth-order valence-corrected chi connectivity index (χ4v) is 3.26. The maximum Gasteiger partial charge on any atom is 0.409 e. The molecule has 0 unspecified atom stereocenters.